The van der Waals surface area contributed by atoms with Crippen LogP contribution in [0.2, 0.25) is 5.02 Å². The van der Waals surface area contributed by atoms with Gasteiger partial charge in [0.05, 0.1) is 5.02 Å². The van der Waals surface area contributed by atoms with Gasteiger partial charge in [-0.3, -0.25) is 4.79 Å². The summed E-state index contributed by atoms with van der Waals surface area (Å²) in [4.78, 5) is 14.7. The molecule has 1 aromatic rings. The van der Waals surface area contributed by atoms with Gasteiger partial charge in [-0.2, -0.15) is 4.31 Å². The fourth-order valence-corrected chi connectivity index (χ4v) is 5.25. The second-order valence-corrected chi connectivity index (χ2v) is 9.06. The summed E-state index contributed by atoms with van der Waals surface area (Å²) < 4.78 is 27.5. The van der Waals surface area contributed by atoms with Crippen molar-refractivity contribution in [1.29, 1.82) is 0 Å². The molecule has 1 aliphatic rings. The molecule has 9 heteroatoms. The summed E-state index contributed by atoms with van der Waals surface area (Å²) >= 11 is 6.18. The van der Waals surface area contributed by atoms with Crippen molar-refractivity contribution in [2.75, 3.05) is 39.3 Å². The van der Waals surface area contributed by atoms with Crippen LogP contribution in [-0.4, -0.2) is 62.8 Å². The van der Waals surface area contributed by atoms with E-state index in [4.69, 9.17) is 11.6 Å². The number of carbonyl (C=O) groups excluding carboxylic acids is 1. The van der Waals surface area contributed by atoms with Gasteiger partial charge in [0.15, 0.2) is 0 Å². The summed E-state index contributed by atoms with van der Waals surface area (Å²) in [5.41, 5.74) is 0.312. The molecule has 1 saturated heterocycles. The van der Waals surface area contributed by atoms with Crippen molar-refractivity contribution < 1.29 is 25.6 Å². The predicted octanol–water partition coefficient (Wildman–Crippen LogP) is -0.0197. The lowest BCUT2D eigenvalue weighted by atomic mass is 10.2. The Balaban J connectivity index is 0.00000392. The predicted molar refractivity (Wildman–Crippen MR) is 109 cm³/mol. The van der Waals surface area contributed by atoms with E-state index in [0.717, 1.165) is 45.3 Å². The number of halogens is 2. The molecular weight excluding hydrogens is 421 g/mol. The van der Waals surface area contributed by atoms with E-state index in [2.05, 4.69) is 24.1 Å². The molecule has 1 amide bonds. The van der Waals surface area contributed by atoms with E-state index >= 15 is 0 Å². The number of hydrogen-bond donors (Lipinski definition) is 1. The molecule has 1 aliphatic heterocycles. The smallest absolute Gasteiger partial charge is 0.251 e. The van der Waals surface area contributed by atoms with E-state index in [1.165, 1.54) is 16.4 Å². The minimum Gasteiger partial charge on any atom is -1.00 e. The maximum Gasteiger partial charge on any atom is 0.251 e. The van der Waals surface area contributed by atoms with Gasteiger partial charge in [-0.05, 0) is 44.1 Å². The molecule has 2 rings (SSSR count). The van der Waals surface area contributed by atoms with Gasteiger partial charge >= 0.3 is 0 Å². The Bertz CT molecular complexity index is 732. The highest BCUT2D eigenvalue weighted by molar-refractivity contribution is 7.89. The van der Waals surface area contributed by atoms with E-state index in [1.807, 2.05) is 0 Å². The normalized spacial score (nSPS) is 15.7. The third-order valence-corrected chi connectivity index (χ3v) is 7.36. The van der Waals surface area contributed by atoms with Crippen LogP contribution >= 0.6 is 11.6 Å². The van der Waals surface area contributed by atoms with E-state index in [-0.39, 0.29) is 28.2 Å². The Labute approximate surface area is 180 Å². The highest BCUT2D eigenvalue weighted by Gasteiger charge is 2.28. The van der Waals surface area contributed by atoms with Gasteiger partial charge in [0, 0.05) is 31.7 Å². The number of amides is 1. The lowest BCUT2D eigenvalue weighted by Crippen LogP contribution is -3.00. The van der Waals surface area contributed by atoms with E-state index in [0.29, 0.717) is 25.2 Å². The van der Waals surface area contributed by atoms with Gasteiger partial charge in [0.25, 0.3) is 5.91 Å². The van der Waals surface area contributed by atoms with E-state index < -0.39 is 10.0 Å². The van der Waals surface area contributed by atoms with Crippen LogP contribution in [0.4, 0.5) is 0 Å². The summed E-state index contributed by atoms with van der Waals surface area (Å²) in [7, 11) is -3.70. The minimum atomic E-state index is -3.70. The molecule has 1 N–H and O–H groups in total. The molecule has 1 fully saturated rings. The molecule has 160 valence electrons. The van der Waals surface area contributed by atoms with Gasteiger partial charge in [0.1, 0.15) is 4.90 Å². The van der Waals surface area contributed by atoms with Crippen LogP contribution in [0, 0.1) is 0 Å². The highest BCUT2D eigenvalue weighted by atomic mass is 35.5. The van der Waals surface area contributed by atoms with Crippen molar-refractivity contribution in [3.05, 3.63) is 28.8 Å². The topological polar surface area (TPSA) is 69.7 Å². The van der Waals surface area contributed by atoms with Crippen molar-refractivity contribution >= 4 is 27.5 Å². The average molecular weight is 451 g/mol. The average Bonchev–Trinajstić information content (AvgIpc) is 2.95. The third kappa shape index (κ3) is 6.59. The number of carbonyl (C=O) groups is 1. The van der Waals surface area contributed by atoms with Gasteiger partial charge < -0.3 is 22.6 Å². The van der Waals surface area contributed by atoms with Gasteiger partial charge in [0.2, 0.25) is 10.0 Å². The monoisotopic (exact) mass is 450 g/mol. The molecule has 1 aromatic carbocycles. The van der Waals surface area contributed by atoms with Gasteiger partial charge in [-0.25, -0.2) is 8.42 Å². The first-order valence-corrected chi connectivity index (χ1v) is 11.5. The van der Waals surface area contributed by atoms with Crippen LogP contribution in [0.15, 0.2) is 23.1 Å². The zero-order valence-electron chi connectivity index (χ0n) is 16.6. The number of likely N-dealkylation sites (N-methyl/N-ethyl adjacent to an activating group) is 1. The first-order chi connectivity index (χ1) is 12.9. The fraction of sp³-hybridized carbons (Fsp3) is 0.632. The van der Waals surface area contributed by atoms with Crippen LogP contribution < -0.4 is 17.7 Å². The van der Waals surface area contributed by atoms with Gasteiger partial charge in [-0.1, -0.05) is 38.3 Å². The molecule has 0 unspecified atom stereocenters. The number of nitrogens with one attached hydrogen (secondary N) is 1. The standard InChI is InChI=1S/C19H30ClN3O3S.ClH/c1-3-22(4-2)14-11-21-19(24)16-9-10-17(20)18(15-16)27(25,26)23-12-7-5-6-8-13-23;/h9-10,15H,3-8,11-14H2,1-2H3,(H,21,24);1H/p-1. The number of sulfonamides is 1. The third-order valence-electron chi connectivity index (χ3n) is 4.98. The molecule has 0 saturated carbocycles. The lowest BCUT2D eigenvalue weighted by Gasteiger charge is -2.21. The maximum absolute atomic E-state index is 13.0. The highest BCUT2D eigenvalue weighted by Crippen LogP contribution is 2.27. The quantitative estimate of drug-likeness (QED) is 0.604. The molecule has 0 aliphatic carbocycles. The van der Waals surface area contributed by atoms with Crippen LogP contribution in [0.3, 0.4) is 0 Å². The summed E-state index contributed by atoms with van der Waals surface area (Å²) in [6.07, 6.45) is 3.77. The summed E-state index contributed by atoms with van der Waals surface area (Å²) in [5, 5.41) is 3.01. The first-order valence-electron chi connectivity index (χ1n) is 9.70. The number of rotatable bonds is 8. The van der Waals surface area contributed by atoms with E-state index in [1.54, 1.807) is 6.07 Å². The molecular formula is C19H30Cl2N3O3S-. The second kappa shape index (κ2) is 12.0. The molecule has 0 spiro atoms. The minimum absolute atomic E-state index is 0. The molecule has 0 bridgehead atoms. The molecule has 0 atom stereocenters. The number of benzene rings is 1. The summed E-state index contributed by atoms with van der Waals surface area (Å²) in [5.74, 6) is -0.286. The number of nitrogens with zero attached hydrogens (tertiary/aromatic N) is 2. The molecule has 1 heterocycles. The molecule has 6 nitrogen and oxygen atoms in total. The van der Waals surface area contributed by atoms with Crippen LogP contribution in [0.25, 0.3) is 0 Å². The van der Waals surface area contributed by atoms with Crippen LogP contribution in [0.5, 0.6) is 0 Å². The van der Waals surface area contributed by atoms with Crippen molar-refractivity contribution in [3.63, 3.8) is 0 Å². The zero-order chi connectivity index (χ0) is 19.9. The summed E-state index contributed by atoms with van der Waals surface area (Å²) in [6, 6.07) is 4.46. The molecule has 0 aromatic heterocycles. The first kappa shape index (κ1) is 25.2. The Morgan fingerprint density at radius 3 is 2.32 bits per heavy atom. The largest absolute Gasteiger partial charge is 1.00 e. The van der Waals surface area contributed by atoms with Crippen molar-refractivity contribution in [3.8, 4) is 0 Å². The fourth-order valence-electron chi connectivity index (χ4n) is 3.23. The van der Waals surface area contributed by atoms with Crippen LogP contribution in [0.1, 0.15) is 49.9 Å². The zero-order valence-corrected chi connectivity index (χ0v) is 18.9. The van der Waals surface area contributed by atoms with Crippen LogP contribution in [-0.2, 0) is 10.0 Å². The van der Waals surface area contributed by atoms with Crippen molar-refractivity contribution in [1.82, 2.24) is 14.5 Å². The van der Waals surface area contributed by atoms with Crippen molar-refractivity contribution in [2.45, 2.75) is 44.4 Å². The number of hydrogen-bond acceptors (Lipinski definition) is 4. The Morgan fingerprint density at radius 2 is 1.75 bits per heavy atom. The molecule has 0 radical (unpaired) electrons. The SMILES string of the molecule is CCN(CC)CCNC(=O)c1ccc(Cl)c(S(=O)(=O)N2CCCCCC2)c1.[Cl-]. The Kier molecular flexibility index (Phi) is 10.8. The van der Waals surface area contributed by atoms with Crippen molar-refractivity contribution in [2.24, 2.45) is 0 Å². The maximum atomic E-state index is 13.0. The van der Waals surface area contributed by atoms with Gasteiger partial charge in [-0.15, -0.1) is 0 Å². The Hall–Kier alpha value is -0.860. The Morgan fingerprint density at radius 1 is 1.14 bits per heavy atom. The summed E-state index contributed by atoms with van der Waals surface area (Å²) in [6.45, 7) is 8.26. The van der Waals surface area contributed by atoms with E-state index in [9.17, 15) is 13.2 Å². The second-order valence-electron chi connectivity index (χ2n) is 6.75. The molecule has 28 heavy (non-hydrogen) atoms. The lowest BCUT2D eigenvalue weighted by molar-refractivity contribution is -0.0000166.